The number of hydrogen-bond acceptors (Lipinski definition) is 9. The molecule has 3 N–H and O–H groups in total. The Kier molecular flexibility index (Phi) is 9.11. The Bertz CT molecular complexity index is 2120. The van der Waals surface area contributed by atoms with Gasteiger partial charge in [0.1, 0.15) is 17.9 Å². The summed E-state index contributed by atoms with van der Waals surface area (Å²) in [5.74, 6) is -4.15. The van der Waals surface area contributed by atoms with Crippen molar-refractivity contribution in [3.63, 3.8) is 0 Å². The van der Waals surface area contributed by atoms with Crippen LogP contribution in [0.1, 0.15) is 26.7 Å². The molecule has 0 atom stereocenters. The highest BCUT2D eigenvalue weighted by Crippen LogP contribution is 2.40. The maximum atomic E-state index is 15.3. The third-order valence-electron chi connectivity index (χ3n) is 8.10. The van der Waals surface area contributed by atoms with Gasteiger partial charge in [0.2, 0.25) is 16.0 Å². The van der Waals surface area contributed by atoms with Crippen LogP contribution in [0.3, 0.4) is 0 Å². The monoisotopic (exact) mass is 700 g/mol. The summed E-state index contributed by atoms with van der Waals surface area (Å²) in [6.07, 6.45) is -3.12. The lowest BCUT2D eigenvalue weighted by atomic mass is 10.0. The number of nitrogen functional groups attached to an aromatic ring is 1. The molecule has 1 aliphatic heterocycles. The van der Waals surface area contributed by atoms with Crippen molar-refractivity contribution in [1.82, 2.24) is 23.8 Å². The number of aromatic nitrogens is 4. The predicted molar refractivity (Wildman–Crippen MR) is 175 cm³/mol. The van der Waals surface area contributed by atoms with Gasteiger partial charge >= 0.3 is 12.1 Å². The molecule has 16 heteroatoms. The highest BCUT2D eigenvalue weighted by molar-refractivity contribution is 7.90. The molecule has 0 radical (unpaired) electrons. The Morgan fingerprint density at radius 1 is 0.980 bits per heavy atom. The number of rotatable bonds is 10. The Morgan fingerprint density at radius 3 is 2.35 bits per heavy atom. The number of benzene rings is 3. The van der Waals surface area contributed by atoms with Gasteiger partial charge in [-0.1, -0.05) is 30.3 Å². The highest BCUT2D eigenvalue weighted by Gasteiger charge is 2.42. The molecule has 49 heavy (non-hydrogen) atoms. The summed E-state index contributed by atoms with van der Waals surface area (Å²) >= 11 is 0. The molecule has 0 saturated carbocycles. The first kappa shape index (κ1) is 33.9. The van der Waals surface area contributed by atoms with Gasteiger partial charge < -0.3 is 20.2 Å². The molecule has 1 fully saturated rings. The van der Waals surface area contributed by atoms with Gasteiger partial charge in [0.15, 0.2) is 17.3 Å². The van der Waals surface area contributed by atoms with E-state index in [1.807, 2.05) is 0 Å². The van der Waals surface area contributed by atoms with Gasteiger partial charge in [-0.15, -0.1) is 0 Å². The van der Waals surface area contributed by atoms with E-state index in [1.165, 1.54) is 32.0 Å². The average Bonchev–Trinajstić information content (AvgIpc) is 3.81. The third-order valence-corrected chi connectivity index (χ3v) is 10.2. The van der Waals surface area contributed by atoms with Crippen LogP contribution in [-0.4, -0.2) is 75.9 Å². The summed E-state index contributed by atoms with van der Waals surface area (Å²) < 4.78 is 93.0. The molecule has 1 aliphatic rings. The number of fused-ring (bicyclic) bond motifs is 1. The SMILES string of the molecule is CC(C)S(=O)(=O)n1c(N)nc2c(OC(=O)C(F)(F)F)cc(-c3nc(-c4ccc(OCCN5CCCC5)c(F)c4)[nH]c3-c3ccccc3)cc21. The number of hydrogen-bond donors (Lipinski definition) is 2. The molecule has 0 aliphatic carbocycles. The van der Waals surface area contributed by atoms with Gasteiger partial charge in [0.05, 0.1) is 22.2 Å². The highest BCUT2D eigenvalue weighted by atomic mass is 32.2. The van der Waals surface area contributed by atoms with E-state index in [0.29, 0.717) is 33.9 Å². The number of aromatic amines is 1. The molecule has 2 aromatic heterocycles. The molecule has 0 spiro atoms. The standard InChI is InChI=1S/C33H32F4N6O5S/c1-19(2)49(45,46)43-24-17-22(18-26(29(24)41-32(43)38)48-31(44)33(35,36)37)28-27(20-8-4-3-5-9-20)39-30(40-28)21-10-11-25(23(34)16-21)47-15-14-42-12-6-7-13-42/h3-5,8-11,16-19H,6-7,12-15H2,1-2H3,(H2,38,41)(H,39,40). The Labute approximate surface area is 278 Å². The number of H-pyrrole nitrogens is 1. The van der Waals surface area contributed by atoms with Gasteiger partial charge in [-0.2, -0.15) is 13.2 Å². The van der Waals surface area contributed by atoms with Gasteiger partial charge in [0, 0.05) is 23.2 Å². The van der Waals surface area contributed by atoms with Crippen LogP contribution in [0.5, 0.6) is 11.5 Å². The summed E-state index contributed by atoms with van der Waals surface area (Å²) in [6, 6.07) is 15.5. The smallest absolute Gasteiger partial charge is 0.489 e. The largest absolute Gasteiger partial charge is 0.491 e. The Morgan fingerprint density at radius 2 is 1.69 bits per heavy atom. The van der Waals surface area contributed by atoms with Gasteiger partial charge in [-0.25, -0.2) is 31.5 Å². The number of ether oxygens (including phenoxy) is 2. The Hall–Kier alpha value is -4.96. The van der Waals surface area contributed by atoms with Gasteiger partial charge in [-0.3, -0.25) is 4.90 Å². The van der Waals surface area contributed by atoms with Crippen molar-refractivity contribution in [2.24, 2.45) is 0 Å². The van der Waals surface area contributed by atoms with Crippen LogP contribution in [0.25, 0.3) is 44.9 Å². The molecule has 0 bridgehead atoms. The van der Waals surface area contributed by atoms with Crippen LogP contribution in [0.2, 0.25) is 0 Å². The number of anilines is 1. The quantitative estimate of drug-likeness (QED) is 0.102. The molecule has 258 valence electrons. The minimum atomic E-state index is -5.37. The van der Waals surface area contributed by atoms with Crippen LogP contribution in [0, 0.1) is 5.82 Å². The van der Waals surface area contributed by atoms with Crippen LogP contribution in [0.4, 0.5) is 23.5 Å². The lowest BCUT2D eigenvalue weighted by Crippen LogP contribution is -2.28. The normalized spacial score (nSPS) is 14.2. The van der Waals surface area contributed by atoms with E-state index in [0.717, 1.165) is 32.0 Å². The first-order chi connectivity index (χ1) is 23.2. The second kappa shape index (κ2) is 13.2. The van der Waals surface area contributed by atoms with E-state index in [1.54, 1.807) is 36.4 Å². The first-order valence-corrected chi connectivity index (χ1v) is 16.9. The number of nitrogens with one attached hydrogen (secondary N) is 1. The minimum absolute atomic E-state index is 0.0567. The molecule has 3 aromatic carbocycles. The van der Waals surface area contributed by atoms with Crippen LogP contribution in [-0.2, 0) is 14.8 Å². The zero-order chi connectivity index (χ0) is 35.1. The maximum absolute atomic E-state index is 15.3. The number of nitrogens with two attached hydrogens (primary N) is 1. The number of halogens is 4. The first-order valence-electron chi connectivity index (χ1n) is 15.4. The van der Waals surface area contributed by atoms with Crippen molar-refractivity contribution in [2.75, 3.05) is 32.0 Å². The summed E-state index contributed by atoms with van der Waals surface area (Å²) in [6.45, 7) is 5.75. The lowest BCUT2D eigenvalue weighted by Gasteiger charge is -2.15. The molecule has 11 nitrogen and oxygen atoms in total. The molecular weight excluding hydrogens is 668 g/mol. The molecular formula is C33H32F4N6O5S. The Balaban J connectivity index is 1.48. The lowest BCUT2D eigenvalue weighted by molar-refractivity contribution is -0.189. The second-order valence-corrected chi connectivity index (χ2v) is 14.1. The summed E-state index contributed by atoms with van der Waals surface area (Å²) in [7, 11) is -4.20. The third kappa shape index (κ3) is 6.83. The van der Waals surface area contributed by atoms with Crippen molar-refractivity contribution in [1.29, 1.82) is 0 Å². The maximum Gasteiger partial charge on any atom is 0.491 e. The van der Waals surface area contributed by atoms with Crippen molar-refractivity contribution < 1.29 is 40.2 Å². The van der Waals surface area contributed by atoms with Crippen molar-refractivity contribution in [2.45, 2.75) is 38.1 Å². The van der Waals surface area contributed by atoms with E-state index in [9.17, 15) is 26.4 Å². The molecule has 0 amide bonds. The average molecular weight is 701 g/mol. The van der Waals surface area contributed by atoms with Gasteiger partial charge in [-0.05, 0) is 70.1 Å². The molecule has 3 heterocycles. The fourth-order valence-electron chi connectivity index (χ4n) is 5.58. The number of nitrogens with zero attached hydrogens (tertiary/aromatic N) is 4. The number of likely N-dealkylation sites (tertiary alicyclic amines) is 1. The van der Waals surface area contributed by atoms with E-state index in [4.69, 9.17) is 15.2 Å². The number of esters is 1. The zero-order valence-corrected chi connectivity index (χ0v) is 27.2. The number of alkyl halides is 3. The van der Waals surface area contributed by atoms with Crippen molar-refractivity contribution >= 4 is 33.0 Å². The second-order valence-electron chi connectivity index (χ2n) is 11.8. The van der Waals surface area contributed by atoms with E-state index >= 15 is 4.39 Å². The van der Waals surface area contributed by atoms with Crippen LogP contribution >= 0.6 is 0 Å². The topological polar surface area (TPSA) is 145 Å². The minimum Gasteiger partial charge on any atom is -0.489 e. The summed E-state index contributed by atoms with van der Waals surface area (Å²) in [5.41, 5.74) is 6.83. The van der Waals surface area contributed by atoms with Gasteiger partial charge in [0.25, 0.3) is 0 Å². The number of carbonyl (C=O) groups is 1. The number of imidazole rings is 2. The van der Waals surface area contributed by atoms with Crippen molar-refractivity contribution in [3.8, 4) is 45.4 Å². The van der Waals surface area contributed by atoms with E-state index in [-0.39, 0.29) is 33.9 Å². The molecule has 0 unspecified atom stereocenters. The number of carbonyl (C=O) groups excluding carboxylic acids is 1. The summed E-state index contributed by atoms with van der Waals surface area (Å²) in [5, 5.41) is -1.00. The van der Waals surface area contributed by atoms with E-state index < -0.39 is 44.9 Å². The zero-order valence-electron chi connectivity index (χ0n) is 26.4. The fourth-order valence-corrected chi connectivity index (χ4v) is 6.72. The van der Waals surface area contributed by atoms with E-state index in [2.05, 4.69) is 19.9 Å². The van der Waals surface area contributed by atoms with Crippen LogP contribution in [0.15, 0.2) is 60.7 Å². The van der Waals surface area contributed by atoms with Crippen LogP contribution < -0.4 is 15.2 Å². The fraction of sp³-hybridized carbons (Fsp3) is 0.303. The molecule has 5 aromatic rings. The molecule has 6 rings (SSSR count). The summed E-state index contributed by atoms with van der Waals surface area (Å²) in [4.78, 5) is 26.0. The van der Waals surface area contributed by atoms with Crippen molar-refractivity contribution in [3.05, 3.63) is 66.5 Å². The predicted octanol–water partition coefficient (Wildman–Crippen LogP) is 6.01. The molecule has 1 saturated heterocycles.